The van der Waals surface area contributed by atoms with Gasteiger partial charge in [0.2, 0.25) is 0 Å². The Bertz CT molecular complexity index is 988. The van der Waals surface area contributed by atoms with E-state index in [9.17, 15) is 9.59 Å². The molecule has 0 aliphatic carbocycles. The summed E-state index contributed by atoms with van der Waals surface area (Å²) in [7, 11) is 1.97. The number of carbonyl (C=O) groups excluding carboxylic acids is 2. The average molecular weight is 413 g/mol. The molecule has 2 heterocycles. The minimum Gasteiger partial charge on any atom is -0.462 e. The van der Waals surface area contributed by atoms with Crippen molar-refractivity contribution in [2.24, 2.45) is 0 Å². The number of fused-ring (bicyclic) bond motifs is 1. The van der Waals surface area contributed by atoms with Crippen molar-refractivity contribution in [1.29, 1.82) is 0 Å². The molecule has 8 heteroatoms. The van der Waals surface area contributed by atoms with Crippen LogP contribution >= 0.6 is 11.8 Å². The number of hydrogen-bond donors (Lipinski definition) is 1. The van der Waals surface area contributed by atoms with Crippen LogP contribution < -0.4 is 10.6 Å². The Labute approximate surface area is 174 Å². The zero-order valence-electron chi connectivity index (χ0n) is 16.9. The summed E-state index contributed by atoms with van der Waals surface area (Å²) in [5, 5.41) is 0.338. The number of allylic oxidation sites excluding steroid dienone is 2. The molecule has 0 spiro atoms. The Kier molecular flexibility index (Phi) is 5.93. The molecule has 7 nitrogen and oxygen atoms in total. The molecule has 1 aromatic heterocycles. The van der Waals surface area contributed by atoms with Gasteiger partial charge in [-0.05, 0) is 18.6 Å². The van der Waals surface area contributed by atoms with Gasteiger partial charge in [0.25, 0.3) is 0 Å². The minimum absolute atomic E-state index is 0.0406. The number of nitrogens with zero attached hydrogens (tertiary/aromatic N) is 3. The van der Waals surface area contributed by atoms with Crippen molar-refractivity contribution in [3.8, 4) is 0 Å². The predicted molar refractivity (Wildman–Crippen MR) is 114 cm³/mol. The van der Waals surface area contributed by atoms with E-state index in [0.717, 1.165) is 11.4 Å². The Hall–Kier alpha value is -2.87. The van der Waals surface area contributed by atoms with E-state index in [0.29, 0.717) is 5.16 Å². The molecule has 0 saturated carbocycles. The maximum atomic E-state index is 12.6. The number of hydrogen-bond acceptors (Lipinski definition) is 8. The van der Waals surface area contributed by atoms with E-state index in [-0.39, 0.29) is 34.9 Å². The Morgan fingerprint density at radius 3 is 2.69 bits per heavy atom. The van der Waals surface area contributed by atoms with Gasteiger partial charge >= 0.3 is 5.97 Å². The third-order valence-electron chi connectivity index (χ3n) is 4.87. The highest BCUT2D eigenvalue weighted by atomic mass is 32.2. The first-order valence-corrected chi connectivity index (χ1v) is 10.2. The largest absolute Gasteiger partial charge is 0.462 e. The van der Waals surface area contributed by atoms with Crippen molar-refractivity contribution >= 4 is 35.0 Å². The summed E-state index contributed by atoms with van der Waals surface area (Å²) in [4.78, 5) is 34.7. The van der Waals surface area contributed by atoms with Crippen molar-refractivity contribution in [1.82, 2.24) is 9.97 Å². The third-order valence-corrected chi connectivity index (χ3v) is 5.76. The molecule has 2 N–H and O–H groups in total. The Morgan fingerprint density at radius 2 is 2.03 bits per heavy atom. The van der Waals surface area contributed by atoms with Gasteiger partial charge in [-0.2, -0.15) is 0 Å². The molecular weight excluding hydrogens is 388 g/mol. The van der Waals surface area contributed by atoms with Crippen LogP contribution in [-0.2, 0) is 14.9 Å². The van der Waals surface area contributed by atoms with Crippen LogP contribution in [0.15, 0.2) is 47.4 Å². The van der Waals surface area contributed by atoms with Crippen molar-refractivity contribution in [2.75, 3.05) is 30.0 Å². The SMILES string of the molecule is CCOC(=O)c1cnc(SCC(=O)C=C2N(C)c3ccccc3C2(C)C)nc1N. The molecule has 152 valence electrons. The molecule has 1 aromatic carbocycles. The van der Waals surface area contributed by atoms with E-state index < -0.39 is 5.97 Å². The number of nitrogens with two attached hydrogens (primary N) is 1. The van der Waals surface area contributed by atoms with Crippen molar-refractivity contribution in [2.45, 2.75) is 31.3 Å². The van der Waals surface area contributed by atoms with Gasteiger partial charge in [-0.25, -0.2) is 14.8 Å². The van der Waals surface area contributed by atoms with Crippen LogP contribution in [0.25, 0.3) is 0 Å². The van der Waals surface area contributed by atoms with Crippen molar-refractivity contribution in [3.05, 3.63) is 53.4 Å². The Balaban J connectivity index is 1.71. The van der Waals surface area contributed by atoms with E-state index >= 15 is 0 Å². The van der Waals surface area contributed by atoms with Crippen LogP contribution in [0.5, 0.6) is 0 Å². The number of ketones is 1. The molecule has 1 aliphatic rings. The number of anilines is 2. The van der Waals surface area contributed by atoms with Gasteiger partial charge in [0.15, 0.2) is 10.9 Å². The first-order chi connectivity index (χ1) is 13.8. The number of benzene rings is 1. The summed E-state index contributed by atoms with van der Waals surface area (Å²) in [5.41, 5.74) is 8.94. The number of carbonyl (C=O) groups is 2. The van der Waals surface area contributed by atoms with Gasteiger partial charge < -0.3 is 15.4 Å². The fraction of sp³-hybridized carbons (Fsp3) is 0.333. The van der Waals surface area contributed by atoms with Gasteiger partial charge in [-0.3, -0.25) is 4.79 Å². The second-order valence-corrected chi connectivity index (χ2v) is 8.10. The molecule has 0 atom stereocenters. The first kappa shape index (κ1) is 20.9. The number of aromatic nitrogens is 2. The molecule has 0 saturated heterocycles. The summed E-state index contributed by atoms with van der Waals surface area (Å²) in [6.07, 6.45) is 3.01. The number of nitrogen functional groups attached to an aromatic ring is 1. The lowest BCUT2D eigenvalue weighted by Crippen LogP contribution is -2.24. The standard InChI is InChI=1S/C21H24N4O3S/c1-5-28-19(27)14-11-23-20(24-18(14)22)29-12-13(26)10-17-21(2,3)15-8-6-7-9-16(15)25(17)4/h6-11H,5,12H2,1-4H3,(H2,22,23,24). The highest BCUT2D eigenvalue weighted by molar-refractivity contribution is 7.99. The van der Waals surface area contributed by atoms with E-state index in [2.05, 4.69) is 40.8 Å². The van der Waals surface area contributed by atoms with Crippen molar-refractivity contribution < 1.29 is 14.3 Å². The topological polar surface area (TPSA) is 98.4 Å². The van der Waals surface area contributed by atoms with Gasteiger partial charge in [0.1, 0.15) is 11.4 Å². The van der Waals surface area contributed by atoms with Gasteiger partial charge in [0, 0.05) is 36.1 Å². The van der Waals surface area contributed by atoms with E-state index in [4.69, 9.17) is 10.5 Å². The second-order valence-electron chi connectivity index (χ2n) is 7.16. The minimum atomic E-state index is -0.562. The van der Waals surface area contributed by atoms with Crippen LogP contribution in [0, 0.1) is 0 Å². The molecule has 0 radical (unpaired) electrons. The summed E-state index contributed by atoms with van der Waals surface area (Å²) in [6, 6.07) is 8.15. The average Bonchev–Trinajstić information content (AvgIpc) is 2.87. The molecule has 1 aliphatic heterocycles. The summed E-state index contributed by atoms with van der Waals surface area (Å²) in [5.74, 6) is -0.399. The normalized spacial score (nSPS) is 16.0. The van der Waals surface area contributed by atoms with Crippen LogP contribution in [0.3, 0.4) is 0 Å². The number of rotatable bonds is 6. The van der Waals surface area contributed by atoms with E-state index in [1.807, 2.05) is 19.2 Å². The lowest BCUT2D eigenvalue weighted by molar-refractivity contribution is -0.112. The van der Waals surface area contributed by atoms with E-state index in [1.54, 1.807) is 13.0 Å². The van der Waals surface area contributed by atoms with Gasteiger partial charge in [0.05, 0.1) is 12.4 Å². The third kappa shape index (κ3) is 4.12. The van der Waals surface area contributed by atoms with Crippen LogP contribution in [-0.4, -0.2) is 41.1 Å². The highest BCUT2D eigenvalue weighted by Crippen LogP contribution is 2.46. The molecule has 0 bridgehead atoms. The van der Waals surface area contributed by atoms with Crippen molar-refractivity contribution in [3.63, 3.8) is 0 Å². The molecule has 0 amide bonds. The number of ether oxygens (including phenoxy) is 1. The van der Waals surface area contributed by atoms with E-state index in [1.165, 1.54) is 23.5 Å². The fourth-order valence-corrected chi connectivity index (χ4v) is 4.05. The van der Waals surface area contributed by atoms with Crippen LogP contribution in [0.4, 0.5) is 11.5 Å². The zero-order valence-corrected chi connectivity index (χ0v) is 17.7. The molecule has 29 heavy (non-hydrogen) atoms. The molecule has 2 aromatic rings. The fourth-order valence-electron chi connectivity index (χ4n) is 3.40. The number of esters is 1. The Morgan fingerprint density at radius 1 is 1.31 bits per heavy atom. The lowest BCUT2D eigenvalue weighted by atomic mass is 9.83. The number of para-hydroxylation sites is 1. The highest BCUT2D eigenvalue weighted by Gasteiger charge is 2.38. The number of thioether (sulfide) groups is 1. The predicted octanol–water partition coefficient (Wildman–Crippen LogP) is 3.21. The molecule has 3 rings (SSSR count). The first-order valence-electron chi connectivity index (χ1n) is 9.26. The second kappa shape index (κ2) is 8.24. The van der Waals surface area contributed by atoms with Gasteiger partial charge in [-0.1, -0.05) is 43.8 Å². The van der Waals surface area contributed by atoms with Crippen LogP contribution in [0.2, 0.25) is 0 Å². The summed E-state index contributed by atoms with van der Waals surface area (Å²) in [6.45, 7) is 6.17. The number of likely N-dealkylation sites (N-methyl/N-ethyl adjacent to an activating group) is 1. The maximum absolute atomic E-state index is 12.6. The monoisotopic (exact) mass is 412 g/mol. The maximum Gasteiger partial charge on any atom is 0.343 e. The summed E-state index contributed by atoms with van der Waals surface area (Å²) >= 11 is 1.18. The smallest absolute Gasteiger partial charge is 0.343 e. The lowest BCUT2D eigenvalue weighted by Gasteiger charge is -2.23. The molecule has 0 unspecified atom stereocenters. The van der Waals surface area contributed by atoms with Crippen LogP contribution in [0.1, 0.15) is 36.7 Å². The summed E-state index contributed by atoms with van der Waals surface area (Å²) < 4.78 is 4.91. The molecule has 0 fully saturated rings. The van der Waals surface area contributed by atoms with Gasteiger partial charge in [-0.15, -0.1) is 0 Å². The molecular formula is C21H24N4O3S. The quantitative estimate of drug-likeness (QED) is 0.334. The zero-order chi connectivity index (χ0) is 21.2.